The first-order valence-corrected chi connectivity index (χ1v) is 7.29. The summed E-state index contributed by atoms with van der Waals surface area (Å²) in [5.74, 6) is 0.324. The number of halogens is 1. The highest BCUT2D eigenvalue weighted by Crippen LogP contribution is 2.35. The average Bonchev–Trinajstić information content (AvgIpc) is 2.38. The molecule has 21 heavy (non-hydrogen) atoms. The Morgan fingerprint density at radius 3 is 2.29 bits per heavy atom. The molecule has 0 spiro atoms. The van der Waals surface area contributed by atoms with Crippen molar-refractivity contribution in [1.82, 2.24) is 0 Å². The van der Waals surface area contributed by atoms with Crippen molar-refractivity contribution in [3.8, 4) is 5.75 Å². The van der Waals surface area contributed by atoms with Gasteiger partial charge in [-0.1, -0.05) is 44.5 Å². The van der Waals surface area contributed by atoms with E-state index >= 15 is 0 Å². The highest BCUT2D eigenvalue weighted by atomic mass is 35.5. The van der Waals surface area contributed by atoms with Crippen molar-refractivity contribution in [3.63, 3.8) is 0 Å². The lowest BCUT2D eigenvalue weighted by molar-refractivity contribution is 0.446. The Morgan fingerprint density at radius 1 is 1.10 bits per heavy atom. The summed E-state index contributed by atoms with van der Waals surface area (Å²) in [4.78, 5) is 4.54. The smallest absolute Gasteiger partial charge is 0.119 e. The highest BCUT2D eigenvalue weighted by Gasteiger charge is 2.19. The minimum Gasteiger partial charge on any atom is -0.508 e. The molecule has 2 aromatic rings. The van der Waals surface area contributed by atoms with E-state index < -0.39 is 0 Å². The van der Waals surface area contributed by atoms with E-state index in [2.05, 4.69) is 25.8 Å². The second kappa shape index (κ2) is 5.90. The third kappa shape index (κ3) is 3.85. The number of aryl methyl sites for hydroxylation is 1. The van der Waals surface area contributed by atoms with Gasteiger partial charge in [0.25, 0.3) is 0 Å². The Bertz CT molecular complexity index is 667. The van der Waals surface area contributed by atoms with E-state index in [4.69, 9.17) is 11.6 Å². The van der Waals surface area contributed by atoms with Gasteiger partial charge in [0.05, 0.1) is 5.69 Å². The molecular formula is C18H20ClNO. The van der Waals surface area contributed by atoms with Crippen molar-refractivity contribution < 1.29 is 5.11 Å². The topological polar surface area (TPSA) is 32.6 Å². The van der Waals surface area contributed by atoms with Crippen molar-refractivity contribution in [2.24, 2.45) is 4.99 Å². The Morgan fingerprint density at radius 2 is 1.71 bits per heavy atom. The molecule has 0 aliphatic carbocycles. The van der Waals surface area contributed by atoms with Crippen LogP contribution in [0.3, 0.4) is 0 Å². The normalized spacial score (nSPS) is 12.0. The highest BCUT2D eigenvalue weighted by molar-refractivity contribution is 6.30. The van der Waals surface area contributed by atoms with Gasteiger partial charge < -0.3 is 5.11 Å². The molecule has 0 heterocycles. The third-order valence-electron chi connectivity index (χ3n) is 3.34. The van der Waals surface area contributed by atoms with Gasteiger partial charge in [0.2, 0.25) is 0 Å². The van der Waals surface area contributed by atoms with E-state index in [1.165, 1.54) is 0 Å². The van der Waals surface area contributed by atoms with Crippen molar-refractivity contribution in [3.05, 3.63) is 58.1 Å². The first-order chi connectivity index (χ1) is 9.77. The van der Waals surface area contributed by atoms with Crippen LogP contribution in [0.15, 0.2) is 41.4 Å². The van der Waals surface area contributed by atoms with E-state index in [1.54, 1.807) is 6.07 Å². The van der Waals surface area contributed by atoms with Crippen molar-refractivity contribution in [1.29, 1.82) is 0 Å². The monoisotopic (exact) mass is 301 g/mol. The van der Waals surface area contributed by atoms with Gasteiger partial charge in [0.15, 0.2) is 0 Å². The average molecular weight is 302 g/mol. The fraction of sp³-hybridized carbons (Fsp3) is 0.278. The predicted molar refractivity (Wildman–Crippen MR) is 90.2 cm³/mol. The summed E-state index contributed by atoms with van der Waals surface area (Å²) in [6.07, 6.45) is 1.81. The molecule has 1 N–H and O–H groups in total. The first kappa shape index (κ1) is 15.6. The quantitative estimate of drug-likeness (QED) is 0.740. The predicted octanol–water partition coefficient (Wildman–Crippen LogP) is 5.40. The van der Waals surface area contributed by atoms with Crippen LogP contribution >= 0.6 is 11.6 Å². The van der Waals surface area contributed by atoms with Crippen LogP contribution in [-0.2, 0) is 5.41 Å². The third-order valence-corrected chi connectivity index (χ3v) is 3.60. The molecule has 0 fully saturated rings. The lowest BCUT2D eigenvalue weighted by Gasteiger charge is -2.21. The van der Waals surface area contributed by atoms with Crippen LogP contribution in [0.25, 0.3) is 0 Å². The zero-order valence-corrected chi connectivity index (χ0v) is 13.6. The molecule has 2 nitrogen and oxygen atoms in total. The van der Waals surface area contributed by atoms with Crippen molar-refractivity contribution >= 4 is 23.5 Å². The number of nitrogens with zero attached hydrogens (tertiary/aromatic N) is 1. The van der Waals surface area contributed by atoms with Crippen LogP contribution in [0.4, 0.5) is 5.69 Å². The largest absolute Gasteiger partial charge is 0.508 e. The molecule has 0 aliphatic rings. The second-order valence-corrected chi connectivity index (χ2v) is 6.65. The number of hydrogen-bond donors (Lipinski definition) is 1. The number of phenols is 1. The molecule has 0 saturated heterocycles. The van der Waals surface area contributed by atoms with E-state index in [0.717, 1.165) is 22.4 Å². The lowest BCUT2D eigenvalue weighted by atomic mass is 9.85. The molecular weight excluding hydrogens is 282 g/mol. The van der Waals surface area contributed by atoms with Gasteiger partial charge in [-0.2, -0.15) is 0 Å². The Hall–Kier alpha value is -1.80. The number of aromatic hydroxyl groups is 1. The van der Waals surface area contributed by atoms with Crippen LogP contribution in [0.1, 0.15) is 37.5 Å². The molecule has 110 valence electrons. The fourth-order valence-electron chi connectivity index (χ4n) is 2.11. The van der Waals surface area contributed by atoms with Crippen LogP contribution in [0.5, 0.6) is 5.75 Å². The summed E-state index contributed by atoms with van der Waals surface area (Å²) >= 11 is 5.87. The molecule has 2 aromatic carbocycles. The minimum atomic E-state index is -0.123. The van der Waals surface area contributed by atoms with E-state index in [-0.39, 0.29) is 5.41 Å². The maximum Gasteiger partial charge on any atom is 0.119 e. The van der Waals surface area contributed by atoms with E-state index in [0.29, 0.717) is 10.8 Å². The zero-order valence-electron chi connectivity index (χ0n) is 12.8. The summed E-state index contributed by atoms with van der Waals surface area (Å²) in [7, 11) is 0. The van der Waals surface area contributed by atoms with Crippen LogP contribution in [0.2, 0.25) is 5.02 Å². The molecule has 0 aromatic heterocycles. The summed E-state index contributed by atoms with van der Waals surface area (Å²) in [5, 5.41) is 10.8. The number of aliphatic imine (C=N–C) groups is 1. The van der Waals surface area contributed by atoms with Gasteiger partial charge in [-0.05, 0) is 47.7 Å². The fourth-order valence-corrected chi connectivity index (χ4v) is 2.24. The molecule has 0 amide bonds. The van der Waals surface area contributed by atoms with Gasteiger partial charge in [-0.25, -0.2) is 0 Å². The number of phenolic OH excluding ortho intramolecular Hbond substituents is 1. The minimum absolute atomic E-state index is 0.123. The van der Waals surface area contributed by atoms with Gasteiger partial charge in [0, 0.05) is 16.8 Å². The molecule has 0 atom stereocenters. The van der Waals surface area contributed by atoms with Crippen LogP contribution in [-0.4, -0.2) is 11.3 Å². The molecule has 0 saturated carbocycles. The van der Waals surface area contributed by atoms with Gasteiger partial charge in [-0.3, -0.25) is 4.99 Å². The Balaban J connectivity index is 2.38. The standard InChI is InChI=1S/C18H20ClNO/c1-12-9-17(21)15(18(2,3)4)10-16(12)20-11-13-5-7-14(19)8-6-13/h5-11,21H,1-4H3. The van der Waals surface area contributed by atoms with Crippen molar-refractivity contribution in [2.75, 3.05) is 0 Å². The molecule has 0 radical (unpaired) electrons. The Kier molecular flexibility index (Phi) is 4.38. The summed E-state index contributed by atoms with van der Waals surface area (Å²) < 4.78 is 0. The molecule has 0 bridgehead atoms. The number of rotatable bonds is 2. The SMILES string of the molecule is Cc1cc(O)c(C(C)(C)C)cc1N=Cc1ccc(Cl)cc1. The van der Waals surface area contributed by atoms with Gasteiger partial charge in [-0.15, -0.1) is 0 Å². The maximum atomic E-state index is 10.1. The Labute approximate surface area is 131 Å². The second-order valence-electron chi connectivity index (χ2n) is 6.22. The van der Waals surface area contributed by atoms with Gasteiger partial charge >= 0.3 is 0 Å². The summed E-state index contributed by atoms with van der Waals surface area (Å²) in [6, 6.07) is 11.3. The number of benzene rings is 2. The van der Waals surface area contributed by atoms with E-state index in [9.17, 15) is 5.11 Å². The first-order valence-electron chi connectivity index (χ1n) is 6.91. The van der Waals surface area contributed by atoms with Crippen molar-refractivity contribution in [2.45, 2.75) is 33.1 Å². The molecule has 0 aliphatic heterocycles. The molecule has 0 unspecified atom stereocenters. The molecule has 3 heteroatoms. The zero-order chi connectivity index (χ0) is 15.6. The lowest BCUT2D eigenvalue weighted by Crippen LogP contribution is -2.11. The maximum absolute atomic E-state index is 10.1. The summed E-state index contributed by atoms with van der Waals surface area (Å²) in [6.45, 7) is 8.17. The molecule has 2 rings (SSSR count). The number of hydrogen-bond acceptors (Lipinski definition) is 2. The van der Waals surface area contributed by atoms with Crippen LogP contribution < -0.4 is 0 Å². The summed E-state index contributed by atoms with van der Waals surface area (Å²) in [5.41, 5.74) is 3.58. The van der Waals surface area contributed by atoms with Gasteiger partial charge in [0.1, 0.15) is 5.75 Å². The van der Waals surface area contributed by atoms with E-state index in [1.807, 2.05) is 43.5 Å². The van der Waals surface area contributed by atoms with Crippen LogP contribution in [0, 0.1) is 6.92 Å².